The van der Waals surface area contributed by atoms with Crippen LogP contribution in [-0.4, -0.2) is 11.1 Å². The number of carbonyl (C=O) groups is 1. The van der Waals surface area contributed by atoms with Gasteiger partial charge in [-0.15, -0.1) is 0 Å². The summed E-state index contributed by atoms with van der Waals surface area (Å²) in [7, 11) is 0. The van der Waals surface area contributed by atoms with E-state index in [0.29, 0.717) is 0 Å². The number of hydrogen-bond acceptors (Lipinski definition) is 3. The summed E-state index contributed by atoms with van der Waals surface area (Å²) >= 11 is 0. The SMILES string of the molecule is NC(N)c1ccc(C(=O)O)cc1. The summed E-state index contributed by atoms with van der Waals surface area (Å²) in [4.78, 5) is 10.4. The van der Waals surface area contributed by atoms with Gasteiger partial charge in [0.05, 0.1) is 11.7 Å². The van der Waals surface area contributed by atoms with Crippen molar-refractivity contribution >= 4 is 5.97 Å². The fourth-order valence-corrected chi connectivity index (χ4v) is 0.848. The molecule has 0 aromatic heterocycles. The Morgan fingerprint density at radius 2 is 1.75 bits per heavy atom. The van der Waals surface area contributed by atoms with E-state index in [9.17, 15) is 4.79 Å². The zero-order chi connectivity index (χ0) is 9.14. The van der Waals surface area contributed by atoms with Crippen LogP contribution in [0.3, 0.4) is 0 Å². The molecule has 5 N–H and O–H groups in total. The minimum atomic E-state index is -0.952. The molecule has 0 aliphatic rings. The molecule has 1 aromatic rings. The van der Waals surface area contributed by atoms with E-state index in [1.165, 1.54) is 12.1 Å². The molecule has 1 rings (SSSR count). The molecule has 0 aliphatic heterocycles. The highest BCUT2D eigenvalue weighted by Gasteiger charge is 2.03. The Morgan fingerprint density at radius 1 is 1.25 bits per heavy atom. The monoisotopic (exact) mass is 166 g/mol. The Bertz CT molecular complexity index is 280. The molecule has 0 unspecified atom stereocenters. The molecule has 0 amide bonds. The molecule has 0 bridgehead atoms. The molecule has 4 nitrogen and oxygen atoms in total. The smallest absolute Gasteiger partial charge is 0.335 e. The van der Waals surface area contributed by atoms with Gasteiger partial charge in [0.25, 0.3) is 0 Å². The van der Waals surface area contributed by atoms with Crippen LogP contribution in [0, 0.1) is 0 Å². The first-order chi connectivity index (χ1) is 5.61. The first kappa shape index (κ1) is 8.70. The van der Waals surface area contributed by atoms with Gasteiger partial charge in [0.15, 0.2) is 0 Å². The van der Waals surface area contributed by atoms with Gasteiger partial charge >= 0.3 is 5.97 Å². The average molecular weight is 166 g/mol. The highest BCUT2D eigenvalue weighted by atomic mass is 16.4. The Balaban J connectivity index is 2.93. The normalized spacial score (nSPS) is 10.2. The van der Waals surface area contributed by atoms with Crippen molar-refractivity contribution in [2.75, 3.05) is 0 Å². The summed E-state index contributed by atoms with van der Waals surface area (Å²) in [6, 6.07) is 6.16. The average Bonchev–Trinajstić information content (AvgIpc) is 2.04. The Labute approximate surface area is 69.8 Å². The molecule has 0 saturated heterocycles. The molecule has 0 spiro atoms. The van der Waals surface area contributed by atoms with Crippen molar-refractivity contribution in [2.24, 2.45) is 11.5 Å². The summed E-state index contributed by atoms with van der Waals surface area (Å²) in [5.74, 6) is -0.952. The number of carboxylic acids is 1. The summed E-state index contributed by atoms with van der Waals surface area (Å²) in [6.45, 7) is 0. The van der Waals surface area contributed by atoms with Crippen molar-refractivity contribution in [2.45, 2.75) is 6.17 Å². The van der Waals surface area contributed by atoms with Gasteiger partial charge in [0.2, 0.25) is 0 Å². The van der Waals surface area contributed by atoms with Gasteiger partial charge in [-0.1, -0.05) is 12.1 Å². The number of aromatic carboxylic acids is 1. The Kier molecular flexibility index (Phi) is 2.42. The molecule has 1 aromatic carbocycles. The lowest BCUT2D eigenvalue weighted by molar-refractivity contribution is 0.0697. The van der Waals surface area contributed by atoms with Crippen molar-refractivity contribution in [3.05, 3.63) is 35.4 Å². The summed E-state index contributed by atoms with van der Waals surface area (Å²) in [5, 5.41) is 8.55. The second kappa shape index (κ2) is 3.34. The van der Waals surface area contributed by atoms with Crippen LogP contribution >= 0.6 is 0 Å². The predicted octanol–water partition coefficient (Wildman–Crippen LogP) is 0.301. The van der Waals surface area contributed by atoms with Gasteiger partial charge in [-0.2, -0.15) is 0 Å². The largest absolute Gasteiger partial charge is 0.478 e. The van der Waals surface area contributed by atoms with Crippen LogP contribution in [0.5, 0.6) is 0 Å². The molecule has 12 heavy (non-hydrogen) atoms. The van der Waals surface area contributed by atoms with E-state index in [0.717, 1.165) is 5.56 Å². The molecule has 0 atom stereocenters. The highest BCUT2D eigenvalue weighted by Crippen LogP contribution is 2.07. The molecule has 0 radical (unpaired) electrons. The molecule has 0 aliphatic carbocycles. The van der Waals surface area contributed by atoms with Crippen molar-refractivity contribution < 1.29 is 9.90 Å². The van der Waals surface area contributed by atoms with Gasteiger partial charge in [-0.25, -0.2) is 4.79 Å². The Hall–Kier alpha value is -1.39. The fraction of sp³-hybridized carbons (Fsp3) is 0.125. The van der Waals surface area contributed by atoms with Crippen LogP contribution in [-0.2, 0) is 0 Å². The van der Waals surface area contributed by atoms with Gasteiger partial charge in [-0.05, 0) is 17.7 Å². The number of nitrogens with two attached hydrogens (primary N) is 2. The third kappa shape index (κ3) is 1.81. The molecule has 0 heterocycles. The molecule has 0 fully saturated rings. The topological polar surface area (TPSA) is 89.3 Å². The zero-order valence-corrected chi connectivity index (χ0v) is 6.40. The van der Waals surface area contributed by atoms with E-state index in [1.807, 2.05) is 0 Å². The van der Waals surface area contributed by atoms with E-state index in [1.54, 1.807) is 12.1 Å². The van der Waals surface area contributed by atoms with Gasteiger partial charge in [0, 0.05) is 0 Å². The van der Waals surface area contributed by atoms with Gasteiger partial charge in [0.1, 0.15) is 0 Å². The minimum absolute atomic E-state index is 0.236. The van der Waals surface area contributed by atoms with Crippen LogP contribution in [0.15, 0.2) is 24.3 Å². The molecule has 4 heteroatoms. The maximum absolute atomic E-state index is 10.4. The van der Waals surface area contributed by atoms with Crippen molar-refractivity contribution in [3.8, 4) is 0 Å². The lowest BCUT2D eigenvalue weighted by Crippen LogP contribution is -2.19. The van der Waals surface area contributed by atoms with E-state index in [4.69, 9.17) is 16.6 Å². The summed E-state index contributed by atoms with van der Waals surface area (Å²) < 4.78 is 0. The van der Waals surface area contributed by atoms with Crippen LogP contribution in [0.1, 0.15) is 22.1 Å². The first-order valence-corrected chi connectivity index (χ1v) is 3.45. The van der Waals surface area contributed by atoms with Crippen molar-refractivity contribution in [1.82, 2.24) is 0 Å². The van der Waals surface area contributed by atoms with Crippen molar-refractivity contribution in [1.29, 1.82) is 0 Å². The molecular weight excluding hydrogens is 156 g/mol. The molecular formula is C8H10N2O2. The maximum Gasteiger partial charge on any atom is 0.335 e. The number of rotatable bonds is 2. The first-order valence-electron chi connectivity index (χ1n) is 3.45. The second-order valence-electron chi connectivity index (χ2n) is 2.45. The van der Waals surface area contributed by atoms with Crippen LogP contribution in [0.4, 0.5) is 0 Å². The van der Waals surface area contributed by atoms with Crippen LogP contribution < -0.4 is 11.5 Å². The number of hydrogen-bond donors (Lipinski definition) is 3. The van der Waals surface area contributed by atoms with E-state index >= 15 is 0 Å². The van der Waals surface area contributed by atoms with Gasteiger partial charge < -0.3 is 16.6 Å². The number of carboxylic acid groups (broad SMARTS) is 1. The summed E-state index contributed by atoms with van der Waals surface area (Å²) in [6.07, 6.45) is -0.548. The number of benzene rings is 1. The maximum atomic E-state index is 10.4. The second-order valence-corrected chi connectivity index (χ2v) is 2.45. The van der Waals surface area contributed by atoms with Crippen LogP contribution in [0.2, 0.25) is 0 Å². The molecule has 0 saturated carbocycles. The third-order valence-electron chi connectivity index (χ3n) is 1.54. The van der Waals surface area contributed by atoms with E-state index < -0.39 is 12.1 Å². The van der Waals surface area contributed by atoms with E-state index in [-0.39, 0.29) is 5.56 Å². The van der Waals surface area contributed by atoms with Gasteiger partial charge in [-0.3, -0.25) is 0 Å². The molecule has 64 valence electrons. The quantitative estimate of drug-likeness (QED) is 0.551. The summed E-state index contributed by atoms with van der Waals surface area (Å²) in [5.41, 5.74) is 11.7. The lowest BCUT2D eigenvalue weighted by Gasteiger charge is -2.04. The highest BCUT2D eigenvalue weighted by molar-refractivity contribution is 5.87. The van der Waals surface area contributed by atoms with Crippen LogP contribution in [0.25, 0.3) is 0 Å². The van der Waals surface area contributed by atoms with Crippen molar-refractivity contribution in [3.63, 3.8) is 0 Å². The predicted molar refractivity (Wildman–Crippen MR) is 44.5 cm³/mol. The minimum Gasteiger partial charge on any atom is -0.478 e. The zero-order valence-electron chi connectivity index (χ0n) is 6.40. The third-order valence-corrected chi connectivity index (χ3v) is 1.54. The Morgan fingerprint density at radius 3 is 2.08 bits per heavy atom. The standard InChI is InChI=1S/C8H10N2O2/c9-7(10)5-1-3-6(4-2-5)8(11)12/h1-4,7H,9-10H2,(H,11,12). The fourth-order valence-electron chi connectivity index (χ4n) is 0.848. The van der Waals surface area contributed by atoms with E-state index in [2.05, 4.69) is 0 Å². The lowest BCUT2D eigenvalue weighted by atomic mass is 10.1.